The molecule has 0 radical (unpaired) electrons. The number of hydrogen-bond acceptors (Lipinski definition) is 8. The summed E-state index contributed by atoms with van der Waals surface area (Å²) in [5, 5.41) is 1.26. The number of methoxy groups -OCH3 is 1. The van der Waals surface area contributed by atoms with E-state index in [4.69, 9.17) is 19.2 Å². The monoisotopic (exact) mass is 809 g/mol. The molecule has 3 aliphatic rings. The van der Waals surface area contributed by atoms with Gasteiger partial charge in [0.25, 0.3) is 5.92 Å². The quantitative estimate of drug-likeness (QED) is 0.0573. The van der Waals surface area contributed by atoms with Gasteiger partial charge in [0.1, 0.15) is 49.4 Å². The summed E-state index contributed by atoms with van der Waals surface area (Å²) in [4.78, 5) is 17.5. The predicted molar refractivity (Wildman–Crippen MR) is 215 cm³/mol. The molecule has 0 bridgehead atoms. The average molecular weight is 810 g/mol. The highest BCUT2D eigenvalue weighted by Gasteiger charge is 2.72. The van der Waals surface area contributed by atoms with Crippen LogP contribution in [0.2, 0.25) is 16.6 Å². The van der Waals surface area contributed by atoms with E-state index in [1.54, 1.807) is 23.1 Å². The zero-order valence-corrected chi connectivity index (χ0v) is 35.0. The number of aromatic nitrogens is 3. The smallest absolute Gasteiger partial charge is 0.317 e. The average Bonchev–Trinajstić information content (AvgIpc) is 3.44. The van der Waals surface area contributed by atoms with Gasteiger partial charge in [-0.2, -0.15) is 4.98 Å². The minimum atomic E-state index is -3.00. The Morgan fingerprint density at radius 1 is 0.982 bits per heavy atom. The summed E-state index contributed by atoms with van der Waals surface area (Å²) in [7, 11) is -0.843. The molecule has 14 heteroatoms. The minimum Gasteiger partial charge on any atom is -0.468 e. The van der Waals surface area contributed by atoms with E-state index < -0.39 is 50.2 Å². The van der Waals surface area contributed by atoms with Gasteiger partial charge in [-0.1, -0.05) is 53.5 Å². The molecular weight excluding hydrogens is 758 g/mol. The molecule has 3 fully saturated rings. The molecule has 8 nitrogen and oxygen atoms in total. The second kappa shape index (κ2) is 15.6. The van der Waals surface area contributed by atoms with Crippen LogP contribution in [0.15, 0.2) is 30.5 Å². The van der Waals surface area contributed by atoms with Crippen molar-refractivity contribution in [3.63, 3.8) is 0 Å². The van der Waals surface area contributed by atoms with Crippen LogP contribution in [0.3, 0.4) is 0 Å². The van der Waals surface area contributed by atoms with Gasteiger partial charge < -0.3 is 19.1 Å². The number of anilines is 1. The van der Waals surface area contributed by atoms with Gasteiger partial charge in [0.2, 0.25) is 0 Å². The fourth-order valence-corrected chi connectivity index (χ4v) is 14.4. The number of benzene rings is 2. The molecule has 1 aliphatic carbocycles. The fourth-order valence-electron chi connectivity index (χ4n) is 9.17. The standard InChI is InChI=1S/C43H52F5N5O3Si/c1-25(2)57(26(3)4,27(5)6)16-13-32-35(45)10-9-29-17-31(56-24-54-8)18-33(36(29)32)38-37(46)39-34(40(50-38)53-15-11-28(53)7)19-49-41(51-39)55-23-42(21-43(42,47)48)22-52-14-12-30(44)20-52/h9-10,17-19,25-28,30H,11-12,14-15,20-24H2,1-8H3/t28-,30-,42+/m0/s1. The summed E-state index contributed by atoms with van der Waals surface area (Å²) in [5.74, 6) is -0.298. The molecular formula is C43H52F5N5O3Si. The van der Waals surface area contributed by atoms with Gasteiger partial charge in [-0.25, -0.2) is 31.9 Å². The second-order valence-corrected chi connectivity index (χ2v) is 22.7. The van der Waals surface area contributed by atoms with Gasteiger partial charge in [0.05, 0.1) is 16.4 Å². The highest BCUT2D eigenvalue weighted by Crippen LogP contribution is 2.61. The molecule has 57 heavy (non-hydrogen) atoms. The number of alkyl halides is 3. The second-order valence-electron chi connectivity index (χ2n) is 17.1. The Morgan fingerprint density at radius 2 is 1.70 bits per heavy atom. The third-order valence-electron chi connectivity index (χ3n) is 12.6. The maximum atomic E-state index is 17.4. The number of nitrogens with zero attached hydrogens (tertiary/aromatic N) is 5. The molecule has 0 amide bonds. The van der Waals surface area contributed by atoms with Crippen molar-refractivity contribution in [2.45, 2.75) is 102 Å². The molecule has 0 N–H and O–H groups in total. The van der Waals surface area contributed by atoms with Crippen molar-refractivity contribution in [2.75, 3.05) is 51.6 Å². The Bertz CT molecular complexity index is 2210. The molecule has 0 unspecified atom stereocenters. The summed E-state index contributed by atoms with van der Waals surface area (Å²) >= 11 is 0. The van der Waals surface area contributed by atoms with Gasteiger partial charge in [0.15, 0.2) is 12.6 Å². The van der Waals surface area contributed by atoms with E-state index in [0.717, 1.165) is 6.42 Å². The summed E-state index contributed by atoms with van der Waals surface area (Å²) in [6, 6.07) is 6.14. The highest BCUT2D eigenvalue weighted by atomic mass is 28.3. The molecule has 306 valence electrons. The van der Waals surface area contributed by atoms with Crippen LogP contribution in [0.4, 0.5) is 27.8 Å². The summed E-state index contributed by atoms with van der Waals surface area (Å²) in [6.07, 6.45) is 1.14. The molecule has 2 aromatic carbocycles. The van der Waals surface area contributed by atoms with Crippen LogP contribution in [0.25, 0.3) is 32.9 Å². The maximum absolute atomic E-state index is 17.4. The molecule has 4 heterocycles. The molecule has 2 aromatic heterocycles. The van der Waals surface area contributed by atoms with Gasteiger partial charge in [-0.15, -0.1) is 5.54 Å². The maximum Gasteiger partial charge on any atom is 0.317 e. The number of pyridine rings is 1. The first kappa shape index (κ1) is 41.1. The molecule has 3 atom stereocenters. The number of hydrogen-bond donors (Lipinski definition) is 0. The molecule has 2 saturated heterocycles. The Balaban J connectivity index is 1.40. The van der Waals surface area contributed by atoms with E-state index in [1.165, 1.54) is 19.4 Å². The van der Waals surface area contributed by atoms with Crippen molar-refractivity contribution in [1.29, 1.82) is 0 Å². The van der Waals surface area contributed by atoms with Gasteiger partial charge in [0, 0.05) is 62.9 Å². The summed E-state index contributed by atoms with van der Waals surface area (Å²) < 4.78 is 94.1. The van der Waals surface area contributed by atoms with E-state index in [0.29, 0.717) is 47.2 Å². The van der Waals surface area contributed by atoms with Crippen molar-refractivity contribution in [2.24, 2.45) is 5.41 Å². The van der Waals surface area contributed by atoms with Gasteiger partial charge in [-0.05, 0) is 60.0 Å². The lowest BCUT2D eigenvalue weighted by atomic mass is 9.95. The number of halogens is 5. The number of ether oxygens (including phenoxy) is 3. The lowest BCUT2D eigenvalue weighted by molar-refractivity contribution is 0.0246. The fraction of sp³-hybridized carbons (Fsp3) is 0.558. The Kier molecular flexibility index (Phi) is 11.3. The van der Waals surface area contributed by atoms with E-state index in [1.807, 2.05) is 11.8 Å². The third-order valence-corrected chi connectivity index (χ3v) is 18.9. The van der Waals surface area contributed by atoms with E-state index in [-0.39, 0.29) is 70.9 Å². The molecule has 0 spiro atoms. The zero-order chi connectivity index (χ0) is 41.0. The van der Waals surface area contributed by atoms with Gasteiger partial charge >= 0.3 is 6.01 Å². The first-order chi connectivity index (χ1) is 27.0. The Hall–Kier alpha value is -4.06. The molecule has 2 aliphatic heterocycles. The van der Waals surface area contributed by atoms with Crippen LogP contribution < -0.4 is 14.4 Å². The molecule has 7 rings (SSSR count). The van der Waals surface area contributed by atoms with E-state index in [2.05, 4.69) is 63.0 Å². The van der Waals surface area contributed by atoms with Crippen LogP contribution in [0.5, 0.6) is 11.8 Å². The van der Waals surface area contributed by atoms with Crippen LogP contribution in [-0.4, -0.2) is 92.8 Å². The van der Waals surface area contributed by atoms with Crippen molar-refractivity contribution < 1.29 is 36.2 Å². The number of likely N-dealkylation sites (tertiary alicyclic amines) is 1. The van der Waals surface area contributed by atoms with Crippen molar-refractivity contribution in [3.8, 4) is 34.5 Å². The topological polar surface area (TPSA) is 72.8 Å². The van der Waals surface area contributed by atoms with E-state index >= 15 is 8.78 Å². The van der Waals surface area contributed by atoms with Crippen LogP contribution >= 0.6 is 0 Å². The van der Waals surface area contributed by atoms with Crippen molar-refractivity contribution >= 4 is 35.6 Å². The van der Waals surface area contributed by atoms with Crippen LogP contribution in [0, 0.1) is 28.5 Å². The first-order valence-corrected chi connectivity index (χ1v) is 22.2. The zero-order valence-electron chi connectivity index (χ0n) is 34.0. The number of rotatable bonds is 13. The third kappa shape index (κ3) is 7.44. The predicted octanol–water partition coefficient (Wildman–Crippen LogP) is 9.72. The first-order valence-electron chi connectivity index (χ1n) is 19.9. The van der Waals surface area contributed by atoms with Crippen molar-refractivity contribution in [3.05, 3.63) is 47.7 Å². The van der Waals surface area contributed by atoms with Crippen LogP contribution in [0.1, 0.15) is 73.3 Å². The summed E-state index contributed by atoms with van der Waals surface area (Å²) in [6.45, 7) is 15.7. The largest absolute Gasteiger partial charge is 0.468 e. The summed E-state index contributed by atoms with van der Waals surface area (Å²) in [5.41, 5.74) is 3.13. The lowest BCUT2D eigenvalue weighted by Crippen LogP contribution is -2.46. The number of fused-ring (bicyclic) bond motifs is 2. The highest BCUT2D eigenvalue weighted by molar-refractivity contribution is 6.90. The van der Waals surface area contributed by atoms with E-state index in [9.17, 15) is 13.2 Å². The normalized spacial score (nSPS) is 22.1. The van der Waals surface area contributed by atoms with Crippen molar-refractivity contribution in [1.82, 2.24) is 19.9 Å². The van der Waals surface area contributed by atoms with Gasteiger partial charge in [-0.3, -0.25) is 4.90 Å². The SMILES string of the molecule is COCOc1cc(-c2nc(N3CC[C@@H]3C)c3cnc(OC[C@]4(CN5CC[C@H](F)C5)CC4(F)F)nc3c2F)c2c(C#C[Si](C(C)C)(C(C)C)C(C)C)c(F)ccc2c1. The minimum absolute atomic E-state index is 0.0289. The molecule has 1 saturated carbocycles. The Morgan fingerprint density at radius 3 is 2.28 bits per heavy atom. The van der Waals surface area contributed by atoms with Crippen LogP contribution in [-0.2, 0) is 4.74 Å². The lowest BCUT2D eigenvalue weighted by Gasteiger charge is -2.40. The molecule has 4 aromatic rings. The Labute approximate surface area is 332 Å².